The first kappa shape index (κ1) is 20.7. The molecule has 0 aliphatic heterocycles. The van der Waals surface area contributed by atoms with E-state index in [1.807, 2.05) is 37.5 Å². The molecule has 3 heterocycles. The Kier molecular flexibility index (Phi) is 5.40. The minimum Gasteiger partial charge on any atom is -0.393 e. The van der Waals surface area contributed by atoms with Crippen LogP contribution < -0.4 is 5.62 Å². The number of aryl methyl sites for hydroxylation is 1. The van der Waals surface area contributed by atoms with Gasteiger partial charge in [-0.15, -0.1) is 0 Å². The van der Waals surface area contributed by atoms with E-state index in [-0.39, 0.29) is 17.3 Å². The van der Waals surface area contributed by atoms with Crippen molar-refractivity contribution in [1.82, 2.24) is 24.3 Å². The smallest absolute Gasteiger partial charge is 0.280 e. The van der Waals surface area contributed by atoms with E-state index in [0.717, 1.165) is 42.3 Å². The van der Waals surface area contributed by atoms with Gasteiger partial charge in [-0.05, 0) is 49.9 Å². The Bertz CT molecular complexity index is 1360. The van der Waals surface area contributed by atoms with Crippen molar-refractivity contribution in [3.63, 3.8) is 0 Å². The number of rotatable bonds is 3. The van der Waals surface area contributed by atoms with Gasteiger partial charge < -0.3 is 14.7 Å². The zero-order chi connectivity index (χ0) is 22.2. The molecule has 2 N–H and O–H groups in total. The zero-order valence-electron chi connectivity index (χ0n) is 17.6. The summed E-state index contributed by atoms with van der Waals surface area (Å²) in [5.41, 5.74) is 4.08. The number of aromatic amines is 1. The Morgan fingerprint density at radius 1 is 1.22 bits per heavy atom. The lowest BCUT2D eigenvalue weighted by Gasteiger charge is -2.27. The lowest BCUT2D eigenvalue weighted by Crippen LogP contribution is -2.29. The number of carbonyl (C=O) groups is 1. The second-order valence-electron chi connectivity index (χ2n) is 8.18. The van der Waals surface area contributed by atoms with Crippen molar-refractivity contribution in [2.24, 2.45) is 12.0 Å². The topological polar surface area (TPSA) is 101 Å². The van der Waals surface area contributed by atoms with E-state index in [1.165, 1.54) is 6.07 Å². The van der Waals surface area contributed by atoms with Gasteiger partial charge in [-0.3, -0.25) is 9.48 Å². The fourth-order valence-electron chi connectivity index (χ4n) is 4.33. The van der Waals surface area contributed by atoms with Crippen molar-refractivity contribution in [1.29, 1.82) is 0 Å². The third-order valence-corrected chi connectivity index (χ3v) is 6.11. The maximum atomic E-state index is 13.2. The SMILES string of the molecule is Cn1cc(-c2cc(C(=O)/N=c3\[nH]c4ccccc4n3[C@H]3CC[C@@H](O)CC3)cc(Cl)n2)cn1. The number of para-hydroxylation sites is 2. The Morgan fingerprint density at radius 3 is 2.75 bits per heavy atom. The van der Waals surface area contributed by atoms with E-state index in [1.54, 1.807) is 16.9 Å². The fraction of sp³-hybridized carbons (Fsp3) is 0.304. The molecule has 1 amide bonds. The van der Waals surface area contributed by atoms with Gasteiger partial charge in [0.2, 0.25) is 5.62 Å². The van der Waals surface area contributed by atoms with Crippen LogP contribution in [0.5, 0.6) is 0 Å². The third kappa shape index (κ3) is 3.99. The van der Waals surface area contributed by atoms with Gasteiger partial charge in [0, 0.05) is 30.4 Å². The molecule has 3 aromatic heterocycles. The monoisotopic (exact) mass is 450 g/mol. The van der Waals surface area contributed by atoms with Crippen LogP contribution in [0.2, 0.25) is 5.15 Å². The van der Waals surface area contributed by atoms with Crippen molar-refractivity contribution >= 4 is 28.5 Å². The number of aromatic nitrogens is 5. The van der Waals surface area contributed by atoms with Gasteiger partial charge in [0.25, 0.3) is 5.91 Å². The average Bonchev–Trinajstić information content (AvgIpc) is 3.37. The number of halogens is 1. The first-order valence-corrected chi connectivity index (χ1v) is 11.0. The molecule has 0 spiro atoms. The number of imidazole rings is 1. The van der Waals surface area contributed by atoms with Crippen LogP contribution in [0.3, 0.4) is 0 Å². The number of aliphatic hydroxyl groups is 1. The number of aliphatic hydroxyl groups excluding tert-OH is 1. The fourth-order valence-corrected chi connectivity index (χ4v) is 4.54. The molecule has 0 saturated heterocycles. The molecule has 1 fully saturated rings. The highest BCUT2D eigenvalue weighted by atomic mass is 35.5. The van der Waals surface area contributed by atoms with Crippen molar-refractivity contribution in [2.75, 3.05) is 0 Å². The van der Waals surface area contributed by atoms with Gasteiger partial charge in [-0.25, -0.2) is 4.98 Å². The zero-order valence-corrected chi connectivity index (χ0v) is 18.3. The summed E-state index contributed by atoms with van der Waals surface area (Å²) in [6.07, 6.45) is 6.36. The van der Waals surface area contributed by atoms with Crippen LogP contribution in [-0.2, 0) is 7.05 Å². The number of pyridine rings is 1. The van der Waals surface area contributed by atoms with Gasteiger partial charge in [0.15, 0.2) is 0 Å². The van der Waals surface area contributed by atoms with Crippen LogP contribution >= 0.6 is 11.6 Å². The number of benzene rings is 1. The molecule has 164 valence electrons. The van der Waals surface area contributed by atoms with Crippen LogP contribution in [0.1, 0.15) is 42.1 Å². The minimum atomic E-state index is -0.407. The number of nitrogens with one attached hydrogen (secondary N) is 1. The van der Waals surface area contributed by atoms with Gasteiger partial charge in [-0.1, -0.05) is 23.7 Å². The van der Waals surface area contributed by atoms with Crippen molar-refractivity contribution in [3.05, 3.63) is 65.1 Å². The van der Waals surface area contributed by atoms with Crippen molar-refractivity contribution < 1.29 is 9.90 Å². The summed E-state index contributed by atoms with van der Waals surface area (Å²) in [5, 5.41) is 14.3. The molecular formula is C23H23ClN6O2. The Hall–Kier alpha value is -3.23. The Labute approximate surface area is 189 Å². The van der Waals surface area contributed by atoms with Crippen LogP contribution in [0.4, 0.5) is 0 Å². The summed E-state index contributed by atoms with van der Waals surface area (Å²) in [6, 6.07) is 11.3. The number of hydrogen-bond donors (Lipinski definition) is 2. The Morgan fingerprint density at radius 2 is 2.00 bits per heavy atom. The summed E-state index contributed by atoms with van der Waals surface area (Å²) in [5.74, 6) is -0.407. The quantitative estimate of drug-likeness (QED) is 0.465. The van der Waals surface area contributed by atoms with Crippen LogP contribution in [-0.4, -0.2) is 41.4 Å². The molecule has 1 aromatic carbocycles. The second kappa shape index (κ2) is 8.37. The normalized spacial score (nSPS) is 19.5. The highest BCUT2D eigenvalue weighted by molar-refractivity contribution is 6.30. The molecule has 0 unspecified atom stereocenters. The highest BCUT2D eigenvalue weighted by Crippen LogP contribution is 2.30. The Balaban J connectivity index is 1.58. The van der Waals surface area contributed by atoms with Crippen LogP contribution in [0.25, 0.3) is 22.3 Å². The number of amides is 1. The van der Waals surface area contributed by atoms with Gasteiger partial charge in [0.1, 0.15) is 5.15 Å². The van der Waals surface area contributed by atoms with E-state index in [0.29, 0.717) is 16.9 Å². The summed E-state index contributed by atoms with van der Waals surface area (Å²) in [4.78, 5) is 25.2. The number of H-pyrrole nitrogens is 1. The predicted octanol–water partition coefficient (Wildman–Crippen LogP) is 3.64. The minimum absolute atomic E-state index is 0.160. The van der Waals surface area contributed by atoms with E-state index in [2.05, 4.69) is 24.6 Å². The molecule has 1 aliphatic rings. The number of hydrogen-bond acceptors (Lipinski definition) is 4. The number of nitrogens with zero attached hydrogens (tertiary/aromatic N) is 5. The first-order chi connectivity index (χ1) is 15.5. The van der Waals surface area contributed by atoms with Gasteiger partial charge in [0.05, 0.1) is 29.0 Å². The van der Waals surface area contributed by atoms with Crippen LogP contribution in [0.15, 0.2) is 53.8 Å². The molecule has 1 aliphatic carbocycles. The first-order valence-electron chi connectivity index (χ1n) is 10.6. The molecule has 9 heteroatoms. The molecular weight excluding hydrogens is 428 g/mol. The molecule has 5 rings (SSSR count). The molecule has 8 nitrogen and oxygen atoms in total. The van der Waals surface area contributed by atoms with Crippen molar-refractivity contribution in [2.45, 2.75) is 37.8 Å². The van der Waals surface area contributed by atoms with Crippen molar-refractivity contribution in [3.8, 4) is 11.3 Å². The lowest BCUT2D eigenvalue weighted by atomic mass is 9.93. The lowest BCUT2D eigenvalue weighted by molar-refractivity contribution is 0.0990. The summed E-state index contributed by atoms with van der Waals surface area (Å²) >= 11 is 6.22. The summed E-state index contributed by atoms with van der Waals surface area (Å²) in [6.45, 7) is 0. The molecule has 32 heavy (non-hydrogen) atoms. The van der Waals surface area contributed by atoms with Crippen LogP contribution in [0, 0.1) is 0 Å². The maximum absolute atomic E-state index is 13.2. The third-order valence-electron chi connectivity index (χ3n) is 5.92. The van der Waals surface area contributed by atoms with E-state index in [4.69, 9.17) is 11.6 Å². The molecule has 0 bridgehead atoms. The van der Waals surface area contributed by atoms with E-state index < -0.39 is 5.91 Å². The molecule has 0 atom stereocenters. The van der Waals surface area contributed by atoms with E-state index >= 15 is 0 Å². The molecule has 0 radical (unpaired) electrons. The standard InChI is InChI=1S/C23H23ClN6O2/c1-29-13-15(12-25-29)19-10-14(11-21(24)26-19)22(32)28-23-27-18-4-2-3-5-20(18)30(23)16-6-8-17(31)9-7-16/h2-5,10-13,16-17,31H,6-9H2,1H3,(H,27,28,32)/t16-,17+. The van der Waals surface area contributed by atoms with E-state index in [9.17, 15) is 9.90 Å². The summed E-state index contributed by atoms with van der Waals surface area (Å²) < 4.78 is 3.75. The van der Waals surface area contributed by atoms with Gasteiger partial charge in [-0.2, -0.15) is 10.1 Å². The molecule has 1 saturated carbocycles. The second-order valence-corrected chi connectivity index (χ2v) is 8.57. The molecule has 4 aromatic rings. The van der Waals surface area contributed by atoms with Gasteiger partial charge >= 0.3 is 0 Å². The predicted molar refractivity (Wildman–Crippen MR) is 121 cm³/mol. The average molecular weight is 451 g/mol. The number of fused-ring (bicyclic) bond motifs is 1. The highest BCUT2D eigenvalue weighted by Gasteiger charge is 2.23. The number of carbonyl (C=O) groups excluding carboxylic acids is 1. The maximum Gasteiger partial charge on any atom is 0.280 e. The summed E-state index contributed by atoms with van der Waals surface area (Å²) in [7, 11) is 1.81. The largest absolute Gasteiger partial charge is 0.393 e.